The van der Waals surface area contributed by atoms with E-state index in [0.717, 1.165) is 30.6 Å². The zero-order valence-corrected chi connectivity index (χ0v) is 18.6. The van der Waals surface area contributed by atoms with E-state index in [0.29, 0.717) is 34.4 Å². The molecule has 0 bridgehead atoms. The number of methoxy groups -OCH3 is 1. The third kappa shape index (κ3) is 4.29. The lowest BCUT2D eigenvalue weighted by Crippen LogP contribution is -2.27. The second-order valence-electron chi connectivity index (χ2n) is 8.11. The summed E-state index contributed by atoms with van der Waals surface area (Å²) >= 11 is 0. The maximum atomic E-state index is 12.7. The van der Waals surface area contributed by atoms with E-state index in [-0.39, 0.29) is 5.56 Å². The van der Waals surface area contributed by atoms with E-state index in [2.05, 4.69) is 51.1 Å². The number of piperidine rings is 1. The molecule has 33 heavy (non-hydrogen) atoms. The Labute approximate surface area is 191 Å². The molecule has 1 unspecified atom stereocenters. The number of aromatic amines is 1. The van der Waals surface area contributed by atoms with Gasteiger partial charge in [0.25, 0.3) is 5.56 Å². The predicted octanol–water partition coefficient (Wildman–Crippen LogP) is 3.72. The fraction of sp³-hybridized carbons (Fsp3) is 0.240. The highest BCUT2D eigenvalue weighted by atomic mass is 16.5. The number of hydrogen-bond donors (Lipinski definition) is 3. The van der Waals surface area contributed by atoms with Crippen molar-refractivity contribution in [3.63, 3.8) is 0 Å². The molecule has 0 saturated carbocycles. The Morgan fingerprint density at radius 1 is 1.12 bits per heavy atom. The van der Waals surface area contributed by atoms with Gasteiger partial charge in [-0.2, -0.15) is 0 Å². The molecule has 1 aliphatic rings. The van der Waals surface area contributed by atoms with Gasteiger partial charge in [-0.25, -0.2) is 9.97 Å². The molecule has 4 aromatic rings. The zero-order chi connectivity index (χ0) is 22.8. The average Bonchev–Trinajstić information content (AvgIpc) is 2.84. The van der Waals surface area contributed by atoms with Crippen LogP contribution in [0.4, 0.5) is 11.5 Å². The van der Waals surface area contributed by atoms with E-state index in [1.54, 1.807) is 25.7 Å². The quantitative estimate of drug-likeness (QED) is 0.433. The second kappa shape index (κ2) is 8.99. The minimum absolute atomic E-state index is 0.205. The normalized spacial score (nSPS) is 14.4. The van der Waals surface area contributed by atoms with Crippen molar-refractivity contribution < 1.29 is 4.74 Å². The number of fused-ring (bicyclic) bond motifs is 1. The second-order valence-corrected chi connectivity index (χ2v) is 8.11. The van der Waals surface area contributed by atoms with Crippen LogP contribution in [0.2, 0.25) is 0 Å². The molecule has 0 spiro atoms. The lowest BCUT2D eigenvalue weighted by molar-refractivity contribution is 0.396. The van der Waals surface area contributed by atoms with Crippen LogP contribution >= 0.6 is 0 Å². The maximum Gasteiger partial charge on any atom is 0.259 e. The third-order valence-electron chi connectivity index (χ3n) is 5.95. The van der Waals surface area contributed by atoms with Crippen LogP contribution in [-0.2, 0) is 0 Å². The molecule has 0 aliphatic carbocycles. The summed E-state index contributed by atoms with van der Waals surface area (Å²) in [6, 6.07) is 9.99. The Morgan fingerprint density at radius 2 is 2.03 bits per heavy atom. The number of benzene rings is 1. The van der Waals surface area contributed by atoms with Crippen molar-refractivity contribution in [1.29, 1.82) is 0 Å². The summed E-state index contributed by atoms with van der Waals surface area (Å²) in [5, 5.41) is 7.98. The van der Waals surface area contributed by atoms with Gasteiger partial charge >= 0.3 is 0 Å². The molecule has 3 N–H and O–H groups in total. The first-order valence-corrected chi connectivity index (χ1v) is 10.9. The molecule has 5 rings (SSSR count). The van der Waals surface area contributed by atoms with E-state index in [4.69, 9.17) is 9.72 Å². The van der Waals surface area contributed by atoms with Crippen molar-refractivity contribution in [3.05, 3.63) is 76.8 Å². The summed E-state index contributed by atoms with van der Waals surface area (Å²) in [5.41, 5.74) is 4.36. The number of aryl methyl sites for hydroxylation is 1. The third-order valence-corrected chi connectivity index (χ3v) is 5.95. The van der Waals surface area contributed by atoms with Crippen LogP contribution in [0.15, 0.2) is 53.7 Å². The van der Waals surface area contributed by atoms with Gasteiger partial charge in [-0.15, -0.1) is 0 Å². The number of rotatable bonds is 5. The lowest BCUT2D eigenvalue weighted by atomic mass is 9.87. The number of nitrogens with zero attached hydrogens (tertiary/aromatic N) is 3. The van der Waals surface area contributed by atoms with Crippen LogP contribution in [0.5, 0.6) is 5.88 Å². The highest BCUT2D eigenvalue weighted by Gasteiger charge is 2.18. The van der Waals surface area contributed by atoms with Gasteiger partial charge in [0.1, 0.15) is 11.5 Å². The summed E-state index contributed by atoms with van der Waals surface area (Å²) in [5.74, 6) is 1.32. The highest BCUT2D eigenvalue weighted by molar-refractivity contribution is 5.94. The number of ether oxygens (including phenoxy) is 1. The van der Waals surface area contributed by atoms with Gasteiger partial charge in [0, 0.05) is 11.9 Å². The van der Waals surface area contributed by atoms with Crippen LogP contribution in [0, 0.1) is 13.3 Å². The molecule has 1 aromatic carbocycles. The van der Waals surface area contributed by atoms with Crippen molar-refractivity contribution in [2.75, 3.05) is 25.5 Å². The van der Waals surface area contributed by atoms with Crippen LogP contribution in [-0.4, -0.2) is 40.1 Å². The van der Waals surface area contributed by atoms with E-state index in [1.165, 1.54) is 11.1 Å². The van der Waals surface area contributed by atoms with Crippen LogP contribution in [0.1, 0.15) is 23.5 Å². The Kier molecular flexibility index (Phi) is 5.75. The van der Waals surface area contributed by atoms with Crippen LogP contribution < -0.4 is 20.9 Å². The van der Waals surface area contributed by atoms with Crippen molar-refractivity contribution in [3.8, 4) is 17.3 Å². The monoisotopic (exact) mass is 441 g/mol. The molecule has 8 nitrogen and oxygen atoms in total. The van der Waals surface area contributed by atoms with Gasteiger partial charge in [-0.05, 0) is 79.6 Å². The predicted molar refractivity (Wildman–Crippen MR) is 129 cm³/mol. The number of hydrogen-bond acceptors (Lipinski definition) is 7. The van der Waals surface area contributed by atoms with E-state index >= 15 is 0 Å². The molecule has 4 heterocycles. The molecule has 1 saturated heterocycles. The average molecular weight is 442 g/mol. The molecule has 0 amide bonds. The highest BCUT2D eigenvalue weighted by Crippen LogP contribution is 2.31. The summed E-state index contributed by atoms with van der Waals surface area (Å²) in [4.78, 5) is 28.8. The summed E-state index contributed by atoms with van der Waals surface area (Å²) < 4.78 is 5.20. The number of aromatic nitrogens is 4. The van der Waals surface area contributed by atoms with Gasteiger partial charge in [0.15, 0.2) is 0 Å². The van der Waals surface area contributed by atoms with Crippen LogP contribution in [0.3, 0.4) is 0 Å². The first kappa shape index (κ1) is 21.1. The van der Waals surface area contributed by atoms with Crippen molar-refractivity contribution in [2.24, 2.45) is 0 Å². The first-order valence-electron chi connectivity index (χ1n) is 10.9. The van der Waals surface area contributed by atoms with Gasteiger partial charge in [-0.3, -0.25) is 9.78 Å². The van der Waals surface area contributed by atoms with Gasteiger partial charge in [-0.1, -0.05) is 6.07 Å². The largest absolute Gasteiger partial charge is 0.480 e. The molecule has 1 atom stereocenters. The SMILES string of the molecule is COc1cncc(-c2cc3cc[nH]c(=O)c3c(Nc3ccc(C4[CH]CNCC4)c(C)c3)n2)n1. The van der Waals surface area contributed by atoms with Gasteiger partial charge < -0.3 is 20.4 Å². The Morgan fingerprint density at radius 3 is 2.82 bits per heavy atom. The minimum atomic E-state index is -0.205. The summed E-state index contributed by atoms with van der Waals surface area (Å²) in [6.07, 6.45) is 8.22. The fourth-order valence-electron chi connectivity index (χ4n) is 4.30. The zero-order valence-electron chi connectivity index (χ0n) is 18.6. The van der Waals surface area contributed by atoms with Crippen molar-refractivity contribution >= 4 is 22.3 Å². The Bertz CT molecular complexity index is 1360. The topological polar surface area (TPSA) is 105 Å². The van der Waals surface area contributed by atoms with Crippen molar-refractivity contribution in [2.45, 2.75) is 19.3 Å². The molecule has 1 aliphatic heterocycles. The number of pyridine rings is 2. The molecule has 1 radical (unpaired) electrons. The van der Waals surface area contributed by atoms with E-state index in [1.807, 2.05) is 18.2 Å². The van der Waals surface area contributed by atoms with Crippen LogP contribution in [0.25, 0.3) is 22.2 Å². The maximum absolute atomic E-state index is 12.7. The lowest BCUT2D eigenvalue weighted by Gasteiger charge is -2.24. The van der Waals surface area contributed by atoms with Gasteiger partial charge in [0.05, 0.1) is 30.6 Å². The van der Waals surface area contributed by atoms with E-state index < -0.39 is 0 Å². The number of H-pyrrole nitrogens is 1. The minimum Gasteiger partial charge on any atom is -0.480 e. The van der Waals surface area contributed by atoms with E-state index in [9.17, 15) is 4.79 Å². The Balaban J connectivity index is 1.55. The smallest absolute Gasteiger partial charge is 0.259 e. The van der Waals surface area contributed by atoms with Crippen molar-refractivity contribution in [1.82, 2.24) is 25.3 Å². The number of nitrogens with one attached hydrogen (secondary N) is 3. The molecular weight excluding hydrogens is 416 g/mol. The standard InChI is InChI=1S/C25H25N6O2/c1-15-11-18(3-4-19(15)16-5-8-26-9-6-16)29-24-23-17(7-10-28-25(23)32)12-20(31-24)21-13-27-14-22(30-21)33-2/h3-5,7,10-14,16,26H,6,8-9H2,1-2H3,(H,28,32)(H,29,31). The summed E-state index contributed by atoms with van der Waals surface area (Å²) in [7, 11) is 1.54. The molecule has 167 valence electrons. The van der Waals surface area contributed by atoms with Gasteiger partial charge in [0.2, 0.25) is 5.88 Å². The molecular formula is C25H25N6O2. The molecule has 3 aromatic heterocycles. The Hall–Kier alpha value is -3.78. The summed E-state index contributed by atoms with van der Waals surface area (Å²) in [6.45, 7) is 4.08. The first-order chi connectivity index (χ1) is 16.1. The fourth-order valence-corrected chi connectivity index (χ4v) is 4.30. The molecule has 1 fully saturated rings. The molecule has 8 heteroatoms. The number of anilines is 2.